The van der Waals surface area contributed by atoms with Crippen LogP contribution in [0.1, 0.15) is 4.88 Å². The summed E-state index contributed by atoms with van der Waals surface area (Å²) < 4.78 is 0. The molecule has 0 unspecified atom stereocenters. The van der Waals surface area contributed by atoms with Crippen molar-refractivity contribution in [2.45, 2.75) is 0 Å². The number of oxime groups is 1. The van der Waals surface area contributed by atoms with Crippen LogP contribution >= 0.6 is 11.3 Å². The predicted molar refractivity (Wildman–Crippen MR) is 47.1 cm³/mol. The van der Waals surface area contributed by atoms with Gasteiger partial charge in [0.15, 0.2) is 5.71 Å². The summed E-state index contributed by atoms with van der Waals surface area (Å²) in [6.07, 6.45) is 0. The zero-order valence-electron chi connectivity index (χ0n) is 6.48. The van der Waals surface area contributed by atoms with Crippen molar-refractivity contribution in [3.63, 3.8) is 0 Å². The van der Waals surface area contributed by atoms with Crippen molar-refractivity contribution < 1.29 is 9.63 Å². The Morgan fingerprint density at radius 2 is 2.50 bits per heavy atom. The Labute approximate surface area is 73.6 Å². The number of nitrogens with two attached hydrogens (primary N) is 1. The standard InChI is InChI=1S/C7H8N2O2S/c1-11-9-6(7(8)10)5-3-2-4-12-5/h2-4H,1H3,(H2,8,10)/b9-6-. The Balaban J connectivity index is 2.96. The smallest absolute Gasteiger partial charge is 0.272 e. The molecule has 1 amide bonds. The molecule has 1 rings (SSSR count). The van der Waals surface area contributed by atoms with Crippen molar-refractivity contribution in [3.05, 3.63) is 22.4 Å². The first-order valence-electron chi connectivity index (χ1n) is 3.20. The number of nitrogens with zero attached hydrogens (tertiary/aromatic N) is 1. The lowest BCUT2D eigenvalue weighted by molar-refractivity contribution is -0.112. The molecule has 0 aliphatic carbocycles. The maximum Gasteiger partial charge on any atom is 0.272 e. The van der Waals surface area contributed by atoms with E-state index in [4.69, 9.17) is 5.73 Å². The van der Waals surface area contributed by atoms with E-state index in [-0.39, 0.29) is 5.71 Å². The van der Waals surface area contributed by atoms with Gasteiger partial charge >= 0.3 is 0 Å². The first-order chi connectivity index (χ1) is 5.75. The molecule has 2 N–H and O–H groups in total. The van der Waals surface area contributed by atoms with Crippen molar-refractivity contribution >= 4 is 23.0 Å². The molecule has 64 valence electrons. The molecule has 0 saturated carbocycles. The van der Waals surface area contributed by atoms with E-state index in [1.807, 2.05) is 11.4 Å². The summed E-state index contributed by atoms with van der Waals surface area (Å²) in [6.45, 7) is 0. The van der Waals surface area contributed by atoms with Gasteiger partial charge in [0.1, 0.15) is 7.11 Å². The van der Waals surface area contributed by atoms with Crippen LogP contribution in [-0.4, -0.2) is 18.7 Å². The summed E-state index contributed by atoms with van der Waals surface area (Å²) in [5, 5.41) is 5.36. The molecule has 1 heterocycles. The van der Waals surface area contributed by atoms with E-state index in [0.717, 1.165) is 0 Å². The zero-order valence-corrected chi connectivity index (χ0v) is 7.30. The summed E-state index contributed by atoms with van der Waals surface area (Å²) in [7, 11) is 1.37. The highest BCUT2D eigenvalue weighted by molar-refractivity contribution is 7.13. The third-order valence-corrected chi connectivity index (χ3v) is 2.05. The molecule has 0 fully saturated rings. The molecular formula is C7H8N2O2S. The lowest BCUT2D eigenvalue weighted by Crippen LogP contribution is -2.23. The first kappa shape index (κ1) is 8.73. The van der Waals surface area contributed by atoms with Gasteiger partial charge in [0.2, 0.25) is 0 Å². The zero-order chi connectivity index (χ0) is 8.97. The molecule has 0 saturated heterocycles. The monoisotopic (exact) mass is 184 g/mol. The minimum Gasteiger partial charge on any atom is -0.398 e. The average Bonchev–Trinajstić information content (AvgIpc) is 2.51. The second-order valence-electron chi connectivity index (χ2n) is 1.96. The Bertz CT molecular complexity index is 292. The van der Waals surface area contributed by atoms with Crippen LogP contribution in [0.3, 0.4) is 0 Å². The van der Waals surface area contributed by atoms with E-state index in [1.165, 1.54) is 18.4 Å². The molecule has 0 aromatic carbocycles. The van der Waals surface area contributed by atoms with E-state index in [9.17, 15) is 4.79 Å². The van der Waals surface area contributed by atoms with Gasteiger partial charge in [-0.15, -0.1) is 11.3 Å². The maximum atomic E-state index is 10.8. The quantitative estimate of drug-likeness (QED) is 0.551. The molecule has 0 radical (unpaired) electrons. The van der Waals surface area contributed by atoms with Gasteiger partial charge in [-0.1, -0.05) is 11.2 Å². The van der Waals surface area contributed by atoms with Gasteiger partial charge in [-0.05, 0) is 11.4 Å². The number of amides is 1. The molecule has 0 aliphatic heterocycles. The summed E-state index contributed by atoms with van der Waals surface area (Å²) in [5.74, 6) is -0.584. The van der Waals surface area contributed by atoms with Crippen LogP contribution in [0.2, 0.25) is 0 Å². The second-order valence-corrected chi connectivity index (χ2v) is 2.91. The minimum absolute atomic E-state index is 0.160. The number of hydrogen-bond donors (Lipinski definition) is 1. The van der Waals surface area contributed by atoms with Crippen molar-refractivity contribution in [3.8, 4) is 0 Å². The van der Waals surface area contributed by atoms with Crippen LogP contribution in [0, 0.1) is 0 Å². The largest absolute Gasteiger partial charge is 0.398 e. The molecule has 0 spiro atoms. The van der Waals surface area contributed by atoms with E-state index in [0.29, 0.717) is 4.88 Å². The molecule has 1 aromatic heterocycles. The third-order valence-electron chi connectivity index (χ3n) is 1.17. The Morgan fingerprint density at radius 1 is 1.75 bits per heavy atom. The molecule has 12 heavy (non-hydrogen) atoms. The van der Waals surface area contributed by atoms with Gasteiger partial charge in [-0.3, -0.25) is 4.79 Å². The van der Waals surface area contributed by atoms with Gasteiger partial charge in [-0.2, -0.15) is 0 Å². The lowest BCUT2D eigenvalue weighted by Gasteiger charge is -1.95. The minimum atomic E-state index is -0.584. The fraction of sp³-hybridized carbons (Fsp3) is 0.143. The number of thiophene rings is 1. The SMILES string of the molecule is CO/N=C(\C(N)=O)c1cccs1. The van der Waals surface area contributed by atoms with Gasteiger partial charge in [-0.25, -0.2) is 0 Å². The normalized spacial score (nSPS) is 11.2. The number of carbonyl (C=O) groups is 1. The van der Waals surface area contributed by atoms with E-state index >= 15 is 0 Å². The molecular weight excluding hydrogens is 176 g/mol. The Hall–Kier alpha value is -1.36. The van der Waals surface area contributed by atoms with Crippen LogP contribution in [0.25, 0.3) is 0 Å². The molecule has 1 aromatic rings. The average molecular weight is 184 g/mol. The van der Waals surface area contributed by atoms with Crippen LogP contribution in [0.4, 0.5) is 0 Å². The lowest BCUT2D eigenvalue weighted by atomic mass is 10.3. The van der Waals surface area contributed by atoms with Crippen LogP contribution in [0.15, 0.2) is 22.7 Å². The Morgan fingerprint density at radius 3 is 2.92 bits per heavy atom. The summed E-state index contributed by atoms with van der Waals surface area (Å²) >= 11 is 1.39. The molecule has 4 nitrogen and oxygen atoms in total. The van der Waals surface area contributed by atoms with Gasteiger partial charge in [0.05, 0.1) is 4.88 Å². The van der Waals surface area contributed by atoms with E-state index in [2.05, 4.69) is 9.99 Å². The third kappa shape index (κ3) is 1.82. The highest BCUT2D eigenvalue weighted by Crippen LogP contribution is 2.09. The van der Waals surface area contributed by atoms with Gasteiger partial charge in [0.25, 0.3) is 5.91 Å². The number of primary amides is 1. The van der Waals surface area contributed by atoms with Gasteiger partial charge in [0, 0.05) is 0 Å². The molecule has 0 atom stereocenters. The van der Waals surface area contributed by atoms with Crippen molar-refractivity contribution in [1.29, 1.82) is 0 Å². The predicted octanol–water partition coefficient (Wildman–Crippen LogP) is 0.584. The molecule has 0 bridgehead atoms. The fourth-order valence-electron chi connectivity index (χ4n) is 0.716. The molecule has 0 aliphatic rings. The topological polar surface area (TPSA) is 64.7 Å². The van der Waals surface area contributed by atoms with E-state index < -0.39 is 5.91 Å². The number of rotatable bonds is 3. The maximum absolute atomic E-state index is 10.8. The number of carbonyl (C=O) groups excluding carboxylic acids is 1. The summed E-state index contributed by atoms with van der Waals surface area (Å²) in [6, 6.07) is 3.57. The van der Waals surface area contributed by atoms with Gasteiger partial charge < -0.3 is 10.6 Å². The summed E-state index contributed by atoms with van der Waals surface area (Å²) in [4.78, 5) is 16.0. The summed E-state index contributed by atoms with van der Waals surface area (Å²) in [5.41, 5.74) is 5.23. The van der Waals surface area contributed by atoms with Crippen LogP contribution < -0.4 is 5.73 Å². The molecule has 5 heteroatoms. The highest BCUT2D eigenvalue weighted by Gasteiger charge is 2.11. The van der Waals surface area contributed by atoms with Crippen LogP contribution in [0.5, 0.6) is 0 Å². The first-order valence-corrected chi connectivity index (χ1v) is 4.08. The van der Waals surface area contributed by atoms with Crippen molar-refractivity contribution in [1.82, 2.24) is 0 Å². The van der Waals surface area contributed by atoms with Crippen molar-refractivity contribution in [2.75, 3.05) is 7.11 Å². The van der Waals surface area contributed by atoms with E-state index in [1.54, 1.807) is 6.07 Å². The fourth-order valence-corrected chi connectivity index (χ4v) is 1.43. The number of hydrogen-bond acceptors (Lipinski definition) is 4. The Kier molecular flexibility index (Phi) is 2.82. The second kappa shape index (κ2) is 3.87. The van der Waals surface area contributed by atoms with Crippen LogP contribution in [-0.2, 0) is 9.63 Å². The highest BCUT2D eigenvalue weighted by atomic mass is 32.1. The van der Waals surface area contributed by atoms with Crippen molar-refractivity contribution in [2.24, 2.45) is 10.9 Å².